The number of amides is 1. The average Bonchev–Trinajstić information content (AvgIpc) is 2.70. The van der Waals surface area contributed by atoms with Gasteiger partial charge in [-0.2, -0.15) is 0 Å². The van der Waals surface area contributed by atoms with Crippen LogP contribution in [0.1, 0.15) is 16.9 Å². The van der Waals surface area contributed by atoms with Gasteiger partial charge in [-0.05, 0) is 6.42 Å². The Morgan fingerprint density at radius 3 is 2.74 bits per heavy atom. The molecule has 0 aliphatic rings. The quantitative estimate of drug-likeness (QED) is 0.447. The summed E-state index contributed by atoms with van der Waals surface area (Å²) >= 11 is 0. The van der Waals surface area contributed by atoms with Gasteiger partial charge in [0.15, 0.2) is 0 Å². The van der Waals surface area contributed by atoms with E-state index in [4.69, 9.17) is 5.11 Å². The first-order valence-corrected chi connectivity index (χ1v) is 5.32. The molecule has 8 heteroatoms. The van der Waals surface area contributed by atoms with Gasteiger partial charge >= 0.3 is 5.97 Å². The standard InChI is InChI=1S/C11H13N3O5/c1-3-4-8(11(16)17)12-10(15)9-5-7(14(18)19)6-13(9)2/h3,5-6,8H,1,4H2,2H3,(H,12,15)(H,16,17). The summed E-state index contributed by atoms with van der Waals surface area (Å²) in [6.45, 7) is 3.40. The van der Waals surface area contributed by atoms with Crippen molar-refractivity contribution in [2.24, 2.45) is 7.05 Å². The van der Waals surface area contributed by atoms with E-state index in [0.29, 0.717) is 0 Å². The van der Waals surface area contributed by atoms with Crippen LogP contribution in [0.2, 0.25) is 0 Å². The predicted octanol–water partition coefficient (Wildman–Crippen LogP) is 0.692. The monoisotopic (exact) mass is 267 g/mol. The number of carboxylic acid groups (broad SMARTS) is 1. The number of nitrogens with one attached hydrogen (secondary N) is 1. The number of carbonyl (C=O) groups excluding carboxylic acids is 1. The molecule has 0 aliphatic heterocycles. The molecule has 1 rings (SSSR count). The van der Waals surface area contributed by atoms with E-state index in [-0.39, 0.29) is 17.8 Å². The second-order valence-electron chi connectivity index (χ2n) is 3.84. The summed E-state index contributed by atoms with van der Waals surface area (Å²) in [5, 5.41) is 21.7. The molecule has 1 heterocycles. The maximum Gasteiger partial charge on any atom is 0.326 e. The Balaban J connectivity index is 2.91. The minimum Gasteiger partial charge on any atom is -0.480 e. The first-order valence-electron chi connectivity index (χ1n) is 5.32. The van der Waals surface area contributed by atoms with E-state index in [1.165, 1.54) is 23.9 Å². The molecule has 2 N–H and O–H groups in total. The molecule has 8 nitrogen and oxygen atoms in total. The van der Waals surface area contributed by atoms with Crippen LogP contribution in [0.25, 0.3) is 0 Å². The average molecular weight is 267 g/mol. The predicted molar refractivity (Wildman–Crippen MR) is 65.8 cm³/mol. The van der Waals surface area contributed by atoms with E-state index in [1.54, 1.807) is 0 Å². The van der Waals surface area contributed by atoms with E-state index < -0.39 is 22.8 Å². The van der Waals surface area contributed by atoms with Crippen molar-refractivity contribution in [2.45, 2.75) is 12.5 Å². The lowest BCUT2D eigenvalue weighted by Crippen LogP contribution is -2.41. The second-order valence-corrected chi connectivity index (χ2v) is 3.84. The lowest BCUT2D eigenvalue weighted by molar-refractivity contribution is -0.384. The molecule has 0 spiro atoms. The molecule has 1 atom stereocenters. The van der Waals surface area contributed by atoms with Crippen molar-refractivity contribution in [3.63, 3.8) is 0 Å². The molecule has 0 saturated heterocycles. The highest BCUT2D eigenvalue weighted by Crippen LogP contribution is 2.15. The van der Waals surface area contributed by atoms with Gasteiger partial charge < -0.3 is 15.0 Å². The summed E-state index contributed by atoms with van der Waals surface area (Å²) < 4.78 is 1.26. The minimum atomic E-state index is -1.20. The molecule has 19 heavy (non-hydrogen) atoms. The van der Waals surface area contributed by atoms with Crippen LogP contribution >= 0.6 is 0 Å². The second kappa shape index (κ2) is 5.80. The van der Waals surface area contributed by atoms with Crippen molar-refractivity contribution in [3.8, 4) is 0 Å². The Morgan fingerprint density at radius 2 is 2.32 bits per heavy atom. The van der Waals surface area contributed by atoms with Gasteiger partial charge in [-0.15, -0.1) is 6.58 Å². The zero-order valence-corrected chi connectivity index (χ0v) is 10.2. The molecule has 0 aliphatic carbocycles. The molecule has 1 aromatic rings. The van der Waals surface area contributed by atoms with Crippen LogP contribution in [0, 0.1) is 10.1 Å². The largest absolute Gasteiger partial charge is 0.480 e. The van der Waals surface area contributed by atoms with E-state index in [0.717, 1.165) is 6.07 Å². The number of nitrogens with zero attached hydrogens (tertiary/aromatic N) is 2. The number of nitro groups is 1. The molecule has 0 radical (unpaired) electrons. The first-order chi connectivity index (χ1) is 8.86. The summed E-state index contributed by atoms with van der Waals surface area (Å²) in [6.07, 6.45) is 2.61. The maximum atomic E-state index is 11.8. The number of aliphatic carboxylic acids is 1. The highest BCUT2D eigenvalue weighted by molar-refractivity contribution is 5.96. The third-order valence-corrected chi connectivity index (χ3v) is 2.44. The summed E-state index contributed by atoms with van der Waals surface area (Å²) in [5.74, 6) is -1.89. The van der Waals surface area contributed by atoms with Crippen molar-refractivity contribution >= 4 is 17.6 Å². The number of hydrogen-bond donors (Lipinski definition) is 2. The smallest absolute Gasteiger partial charge is 0.326 e. The fourth-order valence-corrected chi connectivity index (χ4v) is 1.49. The van der Waals surface area contributed by atoms with Gasteiger partial charge in [0.1, 0.15) is 11.7 Å². The first kappa shape index (κ1) is 14.4. The maximum absolute atomic E-state index is 11.8. The molecule has 0 bridgehead atoms. The van der Waals surface area contributed by atoms with E-state index in [1.807, 2.05) is 0 Å². The summed E-state index contributed by atoms with van der Waals surface area (Å²) in [6, 6.07) is -0.0266. The molecule has 0 fully saturated rings. The van der Waals surface area contributed by atoms with Gasteiger partial charge in [-0.3, -0.25) is 14.9 Å². The molecular formula is C11H13N3O5. The molecule has 102 valence electrons. The van der Waals surface area contributed by atoms with Gasteiger partial charge in [0.2, 0.25) is 0 Å². The van der Waals surface area contributed by atoms with Gasteiger partial charge in [0, 0.05) is 13.1 Å². The Morgan fingerprint density at radius 1 is 1.68 bits per heavy atom. The van der Waals surface area contributed by atoms with Crippen LogP contribution in [-0.4, -0.2) is 32.5 Å². The fourth-order valence-electron chi connectivity index (χ4n) is 1.49. The van der Waals surface area contributed by atoms with Gasteiger partial charge in [0.25, 0.3) is 11.6 Å². The zero-order chi connectivity index (χ0) is 14.6. The van der Waals surface area contributed by atoms with E-state index >= 15 is 0 Å². The van der Waals surface area contributed by atoms with Crippen LogP contribution in [0.3, 0.4) is 0 Å². The van der Waals surface area contributed by atoms with Crippen LogP contribution in [-0.2, 0) is 11.8 Å². The highest BCUT2D eigenvalue weighted by atomic mass is 16.6. The molecular weight excluding hydrogens is 254 g/mol. The summed E-state index contributed by atoms with van der Waals surface area (Å²) in [5.41, 5.74) is -0.217. The van der Waals surface area contributed by atoms with E-state index in [9.17, 15) is 19.7 Å². The number of hydrogen-bond acceptors (Lipinski definition) is 4. The van der Waals surface area contributed by atoms with Crippen molar-refractivity contribution in [1.82, 2.24) is 9.88 Å². The minimum absolute atomic E-state index is 0.0158. The topological polar surface area (TPSA) is 114 Å². The lowest BCUT2D eigenvalue weighted by Gasteiger charge is -2.12. The Bertz CT molecular complexity index is 534. The number of carbonyl (C=O) groups is 2. The highest BCUT2D eigenvalue weighted by Gasteiger charge is 2.23. The van der Waals surface area contributed by atoms with Crippen LogP contribution in [0.15, 0.2) is 24.9 Å². The zero-order valence-electron chi connectivity index (χ0n) is 10.2. The number of rotatable bonds is 6. The van der Waals surface area contributed by atoms with E-state index in [2.05, 4.69) is 11.9 Å². The van der Waals surface area contributed by atoms with Gasteiger partial charge in [0.05, 0.1) is 11.1 Å². The number of aromatic nitrogens is 1. The van der Waals surface area contributed by atoms with Gasteiger partial charge in [-0.1, -0.05) is 6.08 Å². The fraction of sp³-hybridized carbons (Fsp3) is 0.273. The summed E-state index contributed by atoms with van der Waals surface area (Å²) in [7, 11) is 1.46. The number of carboxylic acids is 1. The number of aryl methyl sites for hydroxylation is 1. The molecule has 1 aromatic heterocycles. The normalized spacial score (nSPS) is 11.6. The third-order valence-electron chi connectivity index (χ3n) is 2.44. The van der Waals surface area contributed by atoms with Crippen LogP contribution < -0.4 is 5.32 Å². The molecule has 1 amide bonds. The van der Waals surface area contributed by atoms with Crippen LogP contribution in [0.5, 0.6) is 0 Å². The molecule has 0 saturated carbocycles. The summed E-state index contributed by atoms with van der Waals surface area (Å²) in [4.78, 5) is 32.7. The Kier molecular flexibility index (Phi) is 4.41. The van der Waals surface area contributed by atoms with Crippen molar-refractivity contribution < 1.29 is 19.6 Å². The third kappa shape index (κ3) is 3.41. The SMILES string of the molecule is C=CCC(NC(=O)c1cc([N+](=O)[O-])cn1C)C(=O)O. The van der Waals surface area contributed by atoms with Crippen LogP contribution in [0.4, 0.5) is 5.69 Å². The van der Waals surface area contributed by atoms with Crippen molar-refractivity contribution in [3.05, 3.63) is 40.7 Å². The lowest BCUT2D eigenvalue weighted by atomic mass is 10.2. The van der Waals surface area contributed by atoms with Gasteiger partial charge in [-0.25, -0.2) is 4.79 Å². The Hall–Kier alpha value is -2.64. The Labute approximate surface area is 108 Å². The molecule has 1 unspecified atom stereocenters. The van der Waals surface area contributed by atoms with Crippen molar-refractivity contribution in [2.75, 3.05) is 0 Å². The van der Waals surface area contributed by atoms with Crippen molar-refractivity contribution in [1.29, 1.82) is 0 Å². The molecule has 0 aromatic carbocycles.